The lowest BCUT2D eigenvalue weighted by atomic mass is 10.3. The summed E-state index contributed by atoms with van der Waals surface area (Å²) >= 11 is 0. The van der Waals surface area contributed by atoms with Crippen molar-refractivity contribution in [2.45, 2.75) is 6.92 Å². The van der Waals surface area contributed by atoms with Gasteiger partial charge < -0.3 is 9.30 Å². The molecule has 1 aromatic heterocycles. The van der Waals surface area contributed by atoms with E-state index < -0.39 is 0 Å². The molecule has 4 heteroatoms. The van der Waals surface area contributed by atoms with Crippen molar-refractivity contribution in [1.29, 1.82) is 0 Å². The number of ether oxygens (including phenoxy) is 1. The fourth-order valence-corrected chi connectivity index (χ4v) is 1.20. The molecular weight excluding hydrogens is 195 g/mol. The number of aromatic nitrogens is 2. The van der Waals surface area contributed by atoms with Gasteiger partial charge >= 0.3 is 6.01 Å². The van der Waals surface area contributed by atoms with E-state index in [9.17, 15) is 4.39 Å². The monoisotopic (exact) mass is 206 g/mol. The topological polar surface area (TPSA) is 27.1 Å². The minimum atomic E-state index is -0.321. The van der Waals surface area contributed by atoms with E-state index in [1.165, 1.54) is 12.1 Å². The van der Waals surface area contributed by atoms with Gasteiger partial charge in [-0.1, -0.05) is 6.07 Å². The Balaban J connectivity index is 2.26. The predicted molar refractivity (Wildman–Crippen MR) is 54.4 cm³/mol. The van der Waals surface area contributed by atoms with Gasteiger partial charge in [-0.25, -0.2) is 9.37 Å². The Morgan fingerprint density at radius 3 is 2.80 bits per heavy atom. The van der Waals surface area contributed by atoms with Crippen LogP contribution in [0.5, 0.6) is 11.8 Å². The van der Waals surface area contributed by atoms with Crippen LogP contribution in [0.15, 0.2) is 30.5 Å². The molecule has 0 aliphatic heterocycles. The quantitative estimate of drug-likeness (QED) is 0.755. The Labute approximate surface area is 87.1 Å². The van der Waals surface area contributed by atoms with E-state index in [0.717, 1.165) is 5.69 Å². The van der Waals surface area contributed by atoms with Crippen LogP contribution in [0.3, 0.4) is 0 Å². The highest BCUT2D eigenvalue weighted by Gasteiger charge is 2.05. The molecule has 0 spiro atoms. The predicted octanol–water partition coefficient (Wildman–Crippen LogP) is 2.66. The number of rotatable bonds is 2. The van der Waals surface area contributed by atoms with Gasteiger partial charge in [0.2, 0.25) is 0 Å². The highest BCUT2D eigenvalue weighted by atomic mass is 19.1. The molecular formula is C11H11FN2O. The van der Waals surface area contributed by atoms with Crippen molar-refractivity contribution in [2.75, 3.05) is 0 Å². The van der Waals surface area contributed by atoms with Crippen molar-refractivity contribution in [3.8, 4) is 11.8 Å². The SMILES string of the molecule is Cc1cnc(Oc2cccc(F)c2)n1C. The molecule has 0 unspecified atom stereocenters. The van der Waals surface area contributed by atoms with Crippen molar-refractivity contribution in [3.63, 3.8) is 0 Å². The summed E-state index contributed by atoms with van der Waals surface area (Å²) in [4.78, 5) is 4.06. The van der Waals surface area contributed by atoms with E-state index in [-0.39, 0.29) is 5.82 Å². The lowest BCUT2D eigenvalue weighted by Crippen LogP contribution is -1.96. The van der Waals surface area contributed by atoms with E-state index in [4.69, 9.17) is 4.74 Å². The number of halogens is 1. The minimum Gasteiger partial charge on any atom is -0.425 e. The Hall–Kier alpha value is -1.84. The lowest BCUT2D eigenvalue weighted by Gasteiger charge is -2.05. The molecule has 0 N–H and O–H groups in total. The molecule has 2 rings (SSSR count). The molecule has 0 radical (unpaired) electrons. The van der Waals surface area contributed by atoms with Crippen molar-refractivity contribution >= 4 is 0 Å². The maximum Gasteiger partial charge on any atom is 0.301 e. The molecule has 0 fully saturated rings. The second-order valence-electron chi connectivity index (χ2n) is 3.30. The summed E-state index contributed by atoms with van der Waals surface area (Å²) in [6, 6.07) is 6.44. The van der Waals surface area contributed by atoms with Crippen LogP contribution >= 0.6 is 0 Å². The first kappa shape index (κ1) is 9.71. The molecule has 0 saturated heterocycles. The van der Waals surface area contributed by atoms with E-state index in [1.807, 2.05) is 14.0 Å². The van der Waals surface area contributed by atoms with E-state index >= 15 is 0 Å². The summed E-state index contributed by atoms with van der Waals surface area (Å²) in [5.74, 6) is 0.127. The minimum absolute atomic E-state index is 0.321. The van der Waals surface area contributed by atoms with Crippen LogP contribution in [0.25, 0.3) is 0 Å². The van der Waals surface area contributed by atoms with Crippen LogP contribution in [-0.2, 0) is 7.05 Å². The Morgan fingerprint density at radius 1 is 1.40 bits per heavy atom. The van der Waals surface area contributed by atoms with Crippen molar-refractivity contribution in [3.05, 3.63) is 42.0 Å². The van der Waals surface area contributed by atoms with Crippen LogP contribution < -0.4 is 4.74 Å². The second kappa shape index (κ2) is 3.73. The number of aryl methyl sites for hydroxylation is 1. The van der Waals surface area contributed by atoms with Gasteiger partial charge in [0.05, 0.1) is 6.20 Å². The summed E-state index contributed by atoms with van der Waals surface area (Å²) < 4.78 is 20.1. The molecule has 0 aliphatic rings. The largest absolute Gasteiger partial charge is 0.425 e. The summed E-state index contributed by atoms with van der Waals surface area (Å²) in [6.07, 6.45) is 1.70. The third-order valence-corrected chi connectivity index (χ3v) is 2.18. The first-order valence-electron chi connectivity index (χ1n) is 4.58. The zero-order valence-electron chi connectivity index (χ0n) is 8.57. The third kappa shape index (κ3) is 1.98. The average molecular weight is 206 g/mol. The fraction of sp³-hybridized carbons (Fsp3) is 0.182. The van der Waals surface area contributed by atoms with E-state index in [0.29, 0.717) is 11.8 Å². The van der Waals surface area contributed by atoms with E-state index in [2.05, 4.69) is 4.98 Å². The highest BCUT2D eigenvalue weighted by molar-refractivity contribution is 5.26. The van der Waals surface area contributed by atoms with Gasteiger partial charge in [0, 0.05) is 18.8 Å². The fourth-order valence-electron chi connectivity index (χ4n) is 1.20. The molecule has 3 nitrogen and oxygen atoms in total. The first-order valence-corrected chi connectivity index (χ1v) is 4.58. The van der Waals surface area contributed by atoms with Gasteiger partial charge in [-0.3, -0.25) is 0 Å². The highest BCUT2D eigenvalue weighted by Crippen LogP contribution is 2.20. The number of imidazole rings is 1. The number of hydrogen-bond donors (Lipinski definition) is 0. The molecule has 0 aliphatic carbocycles. The normalized spacial score (nSPS) is 10.3. The summed E-state index contributed by atoms with van der Waals surface area (Å²) in [5, 5.41) is 0. The number of benzene rings is 1. The van der Waals surface area contributed by atoms with Gasteiger partial charge in [-0.15, -0.1) is 0 Å². The molecule has 0 amide bonds. The third-order valence-electron chi connectivity index (χ3n) is 2.18. The van der Waals surface area contributed by atoms with Crippen LogP contribution in [0.1, 0.15) is 5.69 Å². The standard InChI is InChI=1S/C11H11FN2O/c1-8-7-13-11(14(8)2)15-10-5-3-4-9(12)6-10/h3-7H,1-2H3. The first-order chi connectivity index (χ1) is 7.16. The maximum absolute atomic E-state index is 12.9. The smallest absolute Gasteiger partial charge is 0.301 e. The molecule has 1 aromatic carbocycles. The molecule has 0 atom stereocenters. The maximum atomic E-state index is 12.9. The van der Waals surface area contributed by atoms with Crippen LogP contribution in [0.4, 0.5) is 4.39 Å². The zero-order valence-corrected chi connectivity index (χ0v) is 8.57. The lowest BCUT2D eigenvalue weighted by molar-refractivity contribution is 0.420. The number of nitrogens with zero attached hydrogens (tertiary/aromatic N) is 2. The van der Waals surface area contributed by atoms with Crippen molar-refractivity contribution < 1.29 is 9.13 Å². The van der Waals surface area contributed by atoms with Crippen molar-refractivity contribution in [2.24, 2.45) is 7.05 Å². The molecule has 0 saturated carbocycles. The van der Waals surface area contributed by atoms with Gasteiger partial charge in [-0.2, -0.15) is 0 Å². The summed E-state index contributed by atoms with van der Waals surface area (Å²) in [6.45, 7) is 1.92. The van der Waals surface area contributed by atoms with Crippen LogP contribution in [0.2, 0.25) is 0 Å². The van der Waals surface area contributed by atoms with Crippen molar-refractivity contribution in [1.82, 2.24) is 9.55 Å². The molecule has 78 valence electrons. The van der Waals surface area contributed by atoms with Gasteiger partial charge in [0.15, 0.2) is 0 Å². The molecule has 0 bridgehead atoms. The number of hydrogen-bond acceptors (Lipinski definition) is 2. The Bertz CT molecular complexity index is 479. The molecule has 1 heterocycles. The van der Waals surface area contributed by atoms with E-state index in [1.54, 1.807) is 22.9 Å². The summed E-state index contributed by atoms with van der Waals surface area (Å²) in [5.41, 5.74) is 0.987. The van der Waals surface area contributed by atoms with Gasteiger partial charge in [0.1, 0.15) is 11.6 Å². The summed E-state index contributed by atoms with van der Waals surface area (Å²) in [7, 11) is 1.84. The van der Waals surface area contributed by atoms with Gasteiger partial charge in [-0.05, 0) is 19.1 Å². The Morgan fingerprint density at radius 2 is 2.20 bits per heavy atom. The molecule has 15 heavy (non-hydrogen) atoms. The second-order valence-corrected chi connectivity index (χ2v) is 3.30. The average Bonchev–Trinajstić information content (AvgIpc) is 2.50. The van der Waals surface area contributed by atoms with Crippen LogP contribution in [-0.4, -0.2) is 9.55 Å². The Kier molecular flexibility index (Phi) is 2.41. The van der Waals surface area contributed by atoms with Gasteiger partial charge in [0.25, 0.3) is 0 Å². The van der Waals surface area contributed by atoms with Crippen LogP contribution in [0, 0.1) is 12.7 Å². The molecule has 2 aromatic rings. The zero-order chi connectivity index (χ0) is 10.8.